The van der Waals surface area contributed by atoms with Gasteiger partial charge in [0.2, 0.25) is 5.91 Å². The Kier molecular flexibility index (Phi) is 4.77. The third-order valence-electron chi connectivity index (χ3n) is 4.04. The number of amides is 1. The van der Waals surface area contributed by atoms with Crippen LogP contribution in [-0.4, -0.2) is 28.9 Å². The van der Waals surface area contributed by atoms with Crippen LogP contribution in [0, 0.1) is 5.92 Å². The van der Waals surface area contributed by atoms with Gasteiger partial charge in [-0.25, -0.2) is 4.79 Å². The van der Waals surface area contributed by atoms with Gasteiger partial charge in [0, 0.05) is 20.0 Å². The van der Waals surface area contributed by atoms with Crippen molar-refractivity contribution >= 4 is 11.9 Å². The number of carboxylic acids is 1. The third kappa shape index (κ3) is 3.83. The molecule has 0 saturated heterocycles. The van der Waals surface area contributed by atoms with Crippen molar-refractivity contribution in [1.29, 1.82) is 0 Å². The number of benzene rings is 1. The summed E-state index contributed by atoms with van der Waals surface area (Å²) in [4.78, 5) is 24.5. The average molecular weight is 275 g/mol. The normalized spacial score (nSPS) is 14.7. The molecule has 1 saturated carbocycles. The van der Waals surface area contributed by atoms with Gasteiger partial charge in [0.25, 0.3) is 0 Å². The minimum absolute atomic E-state index is 0.166. The molecule has 0 bridgehead atoms. The van der Waals surface area contributed by atoms with Crippen LogP contribution in [0.25, 0.3) is 0 Å². The first kappa shape index (κ1) is 14.6. The minimum atomic E-state index is -0.929. The molecule has 0 atom stereocenters. The Hall–Kier alpha value is -1.84. The molecule has 0 spiro atoms. The fourth-order valence-corrected chi connectivity index (χ4v) is 2.41. The lowest BCUT2D eigenvalue weighted by atomic mass is 9.82. The topological polar surface area (TPSA) is 57.6 Å². The number of carbonyl (C=O) groups excluding carboxylic acids is 1. The molecule has 1 aromatic rings. The highest BCUT2D eigenvalue weighted by molar-refractivity contribution is 5.87. The Labute approximate surface area is 119 Å². The van der Waals surface area contributed by atoms with E-state index in [2.05, 4.69) is 0 Å². The van der Waals surface area contributed by atoms with E-state index in [1.807, 2.05) is 0 Å². The number of nitrogens with zero attached hydrogens (tertiary/aromatic N) is 1. The summed E-state index contributed by atoms with van der Waals surface area (Å²) in [6.45, 7) is 0.531. The number of hydrogen-bond donors (Lipinski definition) is 1. The largest absolute Gasteiger partial charge is 0.478 e. The minimum Gasteiger partial charge on any atom is -0.478 e. The van der Waals surface area contributed by atoms with Gasteiger partial charge in [-0.3, -0.25) is 4.79 Å². The van der Waals surface area contributed by atoms with Crippen molar-refractivity contribution in [2.45, 2.75) is 38.6 Å². The van der Waals surface area contributed by atoms with E-state index in [0.717, 1.165) is 17.9 Å². The second kappa shape index (κ2) is 6.55. The van der Waals surface area contributed by atoms with Gasteiger partial charge in [-0.15, -0.1) is 0 Å². The van der Waals surface area contributed by atoms with Gasteiger partial charge >= 0.3 is 5.97 Å². The first-order chi connectivity index (χ1) is 9.56. The fraction of sp³-hybridized carbons (Fsp3) is 0.500. The van der Waals surface area contributed by atoms with Crippen LogP contribution in [-0.2, 0) is 11.3 Å². The van der Waals surface area contributed by atoms with Gasteiger partial charge in [-0.1, -0.05) is 31.4 Å². The molecule has 1 fully saturated rings. The van der Waals surface area contributed by atoms with Crippen LogP contribution in [0.4, 0.5) is 0 Å². The fourth-order valence-electron chi connectivity index (χ4n) is 2.41. The Bertz CT molecular complexity index is 477. The molecule has 4 heteroatoms. The van der Waals surface area contributed by atoms with Gasteiger partial charge in [-0.2, -0.15) is 0 Å². The molecule has 108 valence electrons. The SMILES string of the molecule is CN(Cc1ccc(C(=O)O)cc1)C(=O)CCC1CCC1. The zero-order valence-corrected chi connectivity index (χ0v) is 11.8. The second-order valence-electron chi connectivity index (χ2n) is 5.59. The summed E-state index contributed by atoms with van der Waals surface area (Å²) in [5, 5.41) is 8.83. The lowest BCUT2D eigenvalue weighted by Crippen LogP contribution is -2.27. The molecule has 1 N–H and O–H groups in total. The Morgan fingerprint density at radius 3 is 2.40 bits per heavy atom. The smallest absolute Gasteiger partial charge is 0.335 e. The summed E-state index contributed by atoms with van der Waals surface area (Å²) in [5.41, 5.74) is 1.22. The van der Waals surface area contributed by atoms with Crippen LogP contribution in [0.2, 0.25) is 0 Å². The summed E-state index contributed by atoms with van der Waals surface area (Å²) in [7, 11) is 1.80. The molecular weight excluding hydrogens is 254 g/mol. The van der Waals surface area contributed by atoms with Crippen molar-refractivity contribution in [3.8, 4) is 0 Å². The first-order valence-electron chi connectivity index (χ1n) is 7.12. The summed E-state index contributed by atoms with van der Waals surface area (Å²) < 4.78 is 0. The predicted molar refractivity (Wildman–Crippen MR) is 76.5 cm³/mol. The number of carbonyl (C=O) groups is 2. The molecule has 1 aromatic carbocycles. The predicted octanol–water partition coefficient (Wildman–Crippen LogP) is 2.92. The molecule has 1 amide bonds. The standard InChI is InChI=1S/C16H21NO3/c1-17(15(18)10-7-12-3-2-4-12)11-13-5-8-14(9-6-13)16(19)20/h5-6,8-9,12H,2-4,7,10-11H2,1H3,(H,19,20). The zero-order chi connectivity index (χ0) is 14.5. The maximum Gasteiger partial charge on any atom is 0.335 e. The van der Waals surface area contributed by atoms with Crippen LogP contribution in [0.5, 0.6) is 0 Å². The van der Waals surface area contributed by atoms with E-state index in [1.54, 1.807) is 36.2 Å². The third-order valence-corrected chi connectivity index (χ3v) is 4.04. The number of carboxylic acid groups (broad SMARTS) is 1. The lowest BCUT2D eigenvalue weighted by Gasteiger charge is -2.26. The van der Waals surface area contributed by atoms with Crippen molar-refractivity contribution in [3.05, 3.63) is 35.4 Å². The van der Waals surface area contributed by atoms with Crippen molar-refractivity contribution in [2.24, 2.45) is 5.92 Å². The molecular formula is C16H21NO3. The summed E-state index contributed by atoms with van der Waals surface area (Å²) in [5.74, 6) is -0.0112. The number of hydrogen-bond acceptors (Lipinski definition) is 2. The van der Waals surface area contributed by atoms with Crippen molar-refractivity contribution in [3.63, 3.8) is 0 Å². The van der Waals surface area contributed by atoms with Crippen molar-refractivity contribution in [1.82, 2.24) is 4.90 Å². The van der Waals surface area contributed by atoms with E-state index in [0.29, 0.717) is 13.0 Å². The number of rotatable bonds is 6. The quantitative estimate of drug-likeness (QED) is 0.868. The van der Waals surface area contributed by atoms with Crippen molar-refractivity contribution < 1.29 is 14.7 Å². The maximum atomic E-state index is 12.0. The summed E-state index contributed by atoms with van der Waals surface area (Å²) in [6, 6.07) is 6.67. The Morgan fingerprint density at radius 2 is 1.90 bits per heavy atom. The van der Waals surface area contributed by atoms with Crippen LogP contribution < -0.4 is 0 Å². The maximum absolute atomic E-state index is 12.0. The molecule has 1 aliphatic rings. The van der Waals surface area contributed by atoms with E-state index >= 15 is 0 Å². The van der Waals surface area contributed by atoms with E-state index in [4.69, 9.17) is 5.11 Å². The average Bonchev–Trinajstić information content (AvgIpc) is 2.37. The Balaban J connectivity index is 1.81. The van der Waals surface area contributed by atoms with Crippen molar-refractivity contribution in [2.75, 3.05) is 7.05 Å². The van der Waals surface area contributed by atoms with E-state index < -0.39 is 5.97 Å². The molecule has 0 unspecified atom stereocenters. The van der Waals surface area contributed by atoms with Crippen LogP contribution in [0.1, 0.15) is 48.0 Å². The number of aromatic carboxylic acids is 1. The molecule has 4 nitrogen and oxygen atoms in total. The van der Waals surface area contributed by atoms with E-state index in [-0.39, 0.29) is 11.5 Å². The molecule has 0 aromatic heterocycles. The van der Waals surface area contributed by atoms with Crippen LogP contribution in [0.3, 0.4) is 0 Å². The summed E-state index contributed by atoms with van der Waals surface area (Å²) in [6.07, 6.45) is 5.47. The van der Waals surface area contributed by atoms with Gasteiger partial charge in [0.05, 0.1) is 5.56 Å². The van der Waals surface area contributed by atoms with E-state index in [9.17, 15) is 9.59 Å². The van der Waals surface area contributed by atoms with Gasteiger partial charge in [0.15, 0.2) is 0 Å². The Morgan fingerprint density at radius 1 is 1.25 bits per heavy atom. The van der Waals surface area contributed by atoms with Gasteiger partial charge < -0.3 is 10.0 Å². The highest BCUT2D eigenvalue weighted by Gasteiger charge is 2.19. The monoisotopic (exact) mass is 275 g/mol. The second-order valence-corrected chi connectivity index (χ2v) is 5.59. The highest BCUT2D eigenvalue weighted by atomic mass is 16.4. The summed E-state index contributed by atoms with van der Waals surface area (Å²) >= 11 is 0. The zero-order valence-electron chi connectivity index (χ0n) is 11.8. The molecule has 20 heavy (non-hydrogen) atoms. The van der Waals surface area contributed by atoms with E-state index in [1.165, 1.54) is 19.3 Å². The van der Waals surface area contributed by atoms with Crippen LogP contribution in [0.15, 0.2) is 24.3 Å². The van der Waals surface area contributed by atoms with Gasteiger partial charge in [-0.05, 0) is 30.0 Å². The highest BCUT2D eigenvalue weighted by Crippen LogP contribution is 2.30. The van der Waals surface area contributed by atoms with Crippen LogP contribution >= 0.6 is 0 Å². The van der Waals surface area contributed by atoms with Gasteiger partial charge in [0.1, 0.15) is 0 Å². The molecule has 0 aliphatic heterocycles. The molecule has 2 rings (SSSR count). The first-order valence-corrected chi connectivity index (χ1v) is 7.12. The molecule has 1 aliphatic carbocycles. The molecule has 0 radical (unpaired) electrons. The molecule has 0 heterocycles. The lowest BCUT2D eigenvalue weighted by molar-refractivity contribution is -0.130.